The van der Waals surface area contributed by atoms with Crippen LogP contribution < -0.4 is 0 Å². The van der Waals surface area contributed by atoms with E-state index in [0.29, 0.717) is 12.8 Å². The van der Waals surface area contributed by atoms with Crippen molar-refractivity contribution in [3.63, 3.8) is 0 Å². The van der Waals surface area contributed by atoms with E-state index in [9.17, 15) is 14.9 Å². The topological polar surface area (TPSA) is 61.2 Å². The molecule has 1 aliphatic rings. The lowest BCUT2D eigenvalue weighted by molar-refractivity contribution is -0.145. The third-order valence-corrected chi connectivity index (χ3v) is 4.65. The van der Waals surface area contributed by atoms with Gasteiger partial charge in [-0.15, -0.1) is 0 Å². The van der Waals surface area contributed by atoms with Crippen LogP contribution in [0.25, 0.3) is 0 Å². The van der Waals surface area contributed by atoms with Gasteiger partial charge in [0.1, 0.15) is 5.54 Å². The average molecular weight is 284 g/mol. The first kappa shape index (κ1) is 15.2. The Balaban J connectivity index is 2.49. The Morgan fingerprint density at radius 2 is 1.81 bits per heavy atom. The fraction of sp³-hybridized carbons (Fsp3) is 0.471. The number of benzene rings is 1. The summed E-state index contributed by atoms with van der Waals surface area (Å²) in [5, 5.41) is 9.52. The number of imide groups is 1. The molecule has 21 heavy (non-hydrogen) atoms. The molecule has 0 bridgehead atoms. The van der Waals surface area contributed by atoms with Gasteiger partial charge in [-0.25, -0.2) is 0 Å². The van der Waals surface area contributed by atoms with Crippen molar-refractivity contribution < 1.29 is 9.59 Å². The van der Waals surface area contributed by atoms with Crippen molar-refractivity contribution in [2.24, 2.45) is 0 Å². The third kappa shape index (κ3) is 2.13. The molecule has 1 aromatic carbocycles. The summed E-state index contributed by atoms with van der Waals surface area (Å²) in [6, 6.07) is 11.5. The van der Waals surface area contributed by atoms with Crippen molar-refractivity contribution in [3.05, 3.63) is 35.9 Å². The molecule has 2 amide bonds. The number of likely N-dealkylation sites (tertiary alicyclic amines) is 1. The molecular formula is C17H20N2O2. The number of carbonyl (C=O) groups is 2. The maximum atomic E-state index is 12.9. The molecule has 0 N–H and O–H groups in total. The first-order chi connectivity index (χ1) is 9.95. The lowest BCUT2D eigenvalue weighted by Gasteiger charge is -2.34. The van der Waals surface area contributed by atoms with Gasteiger partial charge in [-0.2, -0.15) is 5.26 Å². The van der Waals surface area contributed by atoms with Gasteiger partial charge in [0.05, 0.1) is 11.5 Å². The highest BCUT2D eigenvalue weighted by Gasteiger charge is 2.55. The first-order valence-corrected chi connectivity index (χ1v) is 7.29. The zero-order valence-corrected chi connectivity index (χ0v) is 12.7. The molecule has 0 aromatic heterocycles. The molecule has 110 valence electrons. The molecule has 0 aliphatic carbocycles. The van der Waals surface area contributed by atoms with Crippen LogP contribution in [-0.4, -0.2) is 22.3 Å². The highest BCUT2D eigenvalue weighted by atomic mass is 16.2. The maximum absolute atomic E-state index is 12.9. The van der Waals surface area contributed by atoms with E-state index >= 15 is 0 Å². The van der Waals surface area contributed by atoms with Gasteiger partial charge < -0.3 is 0 Å². The van der Waals surface area contributed by atoms with Crippen LogP contribution in [0, 0.1) is 11.3 Å². The number of nitriles is 1. The number of carbonyl (C=O) groups excluding carboxylic acids is 2. The van der Waals surface area contributed by atoms with E-state index in [1.54, 1.807) is 6.92 Å². The van der Waals surface area contributed by atoms with Crippen molar-refractivity contribution in [3.8, 4) is 6.07 Å². The van der Waals surface area contributed by atoms with Gasteiger partial charge in [0.25, 0.3) is 0 Å². The van der Waals surface area contributed by atoms with Crippen LogP contribution >= 0.6 is 0 Å². The Bertz CT molecular complexity index is 599. The van der Waals surface area contributed by atoms with Crippen LogP contribution in [0.2, 0.25) is 0 Å². The van der Waals surface area contributed by atoms with E-state index in [1.165, 1.54) is 4.90 Å². The van der Waals surface area contributed by atoms with E-state index in [0.717, 1.165) is 5.56 Å². The summed E-state index contributed by atoms with van der Waals surface area (Å²) in [6.07, 6.45) is 1.02. The molecule has 2 rings (SSSR count). The summed E-state index contributed by atoms with van der Waals surface area (Å²) in [4.78, 5) is 26.6. The summed E-state index contributed by atoms with van der Waals surface area (Å²) in [5.41, 5.74) is -1.07. The number of nitrogens with zero attached hydrogens (tertiary/aromatic N) is 2. The predicted molar refractivity (Wildman–Crippen MR) is 79.2 cm³/mol. The van der Waals surface area contributed by atoms with Gasteiger partial charge >= 0.3 is 0 Å². The van der Waals surface area contributed by atoms with Gasteiger partial charge in [0.2, 0.25) is 11.8 Å². The van der Waals surface area contributed by atoms with Gasteiger partial charge in [0, 0.05) is 6.42 Å². The van der Waals surface area contributed by atoms with E-state index in [2.05, 4.69) is 6.07 Å². The number of hydrogen-bond acceptors (Lipinski definition) is 3. The van der Waals surface area contributed by atoms with Gasteiger partial charge in [0.15, 0.2) is 0 Å². The largest absolute Gasteiger partial charge is 0.274 e. The standard InChI is InChI=1S/C17H20N2O2/c1-4-17(5-2,12-18)19-14(20)11-16(3,15(19)21)13-9-7-6-8-10-13/h6-10H,4-5,11H2,1-3H3. The quantitative estimate of drug-likeness (QED) is 0.799. The summed E-state index contributed by atoms with van der Waals surface area (Å²) >= 11 is 0. The monoisotopic (exact) mass is 284 g/mol. The molecule has 0 spiro atoms. The summed E-state index contributed by atoms with van der Waals surface area (Å²) in [6.45, 7) is 5.47. The van der Waals surface area contributed by atoms with Crippen LogP contribution in [-0.2, 0) is 15.0 Å². The third-order valence-electron chi connectivity index (χ3n) is 4.65. The van der Waals surface area contributed by atoms with Crippen LogP contribution in [0.4, 0.5) is 0 Å². The smallest absolute Gasteiger partial charge is 0.241 e. The molecule has 4 heteroatoms. The Labute approximate surface area is 125 Å². The fourth-order valence-corrected chi connectivity index (χ4v) is 3.06. The second kappa shape index (κ2) is 5.33. The zero-order valence-electron chi connectivity index (χ0n) is 12.7. The Morgan fingerprint density at radius 1 is 1.24 bits per heavy atom. The number of rotatable bonds is 4. The lowest BCUT2D eigenvalue weighted by atomic mass is 9.80. The Kier molecular flexibility index (Phi) is 3.87. The van der Waals surface area contributed by atoms with Gasteiger partial charge in [-0.05, 0) is 25.3 Å². The second-order valence-electron chi connectivity index (χ2n) is 5.76. The Morgan fingerprint density at radius 3 is 2.29 bits per heavy atom. The molecule has 1 aromatic rings. The molecule has 1 fully saturated rings. The predicted octanol–water partition coefficient (Wildman–Crippen LogP) is 2.79. The van der Waals surface area contributed by atoms with E-state index in [4.69, 9.17) is 0 Å². The Hall–Kier alpha value is -2.15. The van der Waals surface area contributed by atoms with Gasteiger partial charge in [-0.1, -0.05) is 44.2 Å². The minimum atomic E-state index is -1.03. The lowest BCUT2D eigenvalue weighted by Crippen LogP contribution is -2.52. The fourth-order valence-electron chi connectivity index (χ4n) is 3.06. The number of hydrogen-bond donors (Lipinski definition) is 0. The highest BCUT2D eigenvalue weighted by molar-refractivity contribution is 6.09. The van der Waals surface area contributed by atoms with Crippen LogP contribution in [0.5, 0.6) is 0 Å². The molecule has 1 saturated heterocycles. The first-order valence-electron chi connectivity index (χ1n) is 7.29. The molecule has 1 atom stereocenters. The summed E-state index contributed by atoms with van der Waals surface area (Å²) < 4.78 is 0. The van der Waals surface area contributed by atoms with E-state index in [-0.39, 0.29) is 18.2 Å². The second-order valence-corrected chi connectivity index (χ2v) is 5.76. The van der Waals surface area contributed by atoms with Crippen molar-refractivity contribution >= 4 is 11.8 Å². The van der Waals surface area contributed by atoms with Crippen LogP contribution in [0.1, 0.15) is 45.6 Å². The molecular weight excluding hydrogens is 264 g/mol. The molecule has 1 aliphatic heterocycles. The van der Waals surface area contributed by atoms with Crippen molar-refractivity contribution in [1.29, 1.82) is 5.26 Å². The SMILES string of the molecule is CCC(C#N)(CC)N1C(=O)CC(C)(c2ccccc2)C1=O. The average Bonchev–Trinajstić information content (AvgIpc) is 2.75. The van der Waals surface area contributed by atoms with Crippen molar-refractivity contribution in [2.45, 2.75) is 51.0 Å². The zero-order chi connectivity index (χ0) is 15.7. The summed E-state index contributed by atoms with van der Waals surface area (Å²) in [5.74, 6) is -0.513. The van der Waals surface area contributed by atoms with Crippen molar-refractivity contribution in [1.82, 2.24) is 4.90 Å². The molecule has 0 radical (unpaired) electrons. The molecule has 0 saturated carbocycles. The minimum Gasteiger partial charge on any atom is -0.274 e. The maximum Gasteiger partial charge on any atom is 0.241 e. The van der Waals surface area contributed by atoms with Gasteiger partial charge in [-0.3, -0.25) is 14.5 Å². The highest BCUT2D eigenvalue weighted by Crippen LogP contribution is 2.41. The molecule has 1 heterocycles. The number of amides is 2. The van der Waals surface area contributed by atoms with Crippen molar-refractivity contribution in [2.75, 3.05) is 0 Å². The van der Waals surface area contributed by atoms with Crippen LogP contribution in [0.3, 0.4) is 0 Å². The molecule has 4 nitrogen and oxygen atoms in total. The normalized spacial score (nSPS) is 22.5. The van der Waals surface area contributed by atoms with E-state index in [1.807, 2.05) is 44.2 Å². The molecule has 1 unspecified atom stereocenters. The summed E-state index contributed by atoms with van der Waals surface area (Å²) in [7, 11) is 0. The van der Waals surface area contributed by atoms with Crippen LogP contribution in [0.15, 0.2) is 30.3 Å². The minimum absolute atomic E-state index is 0.124. The van der Waals surface area contributed by atoms with E-state index < -0.39 is 11.0 Å².